The number of anilines is 1. The van der Waals surface area contributed by atoms with Crippen LogP contribution in [0.5, 0.6) is 0 Å². The Hall–Kier alpha value is -2.19. The lowest BCUT2D eigenvalue weighted by atomic mass is 10.1. The molecule has 1 unspecified atom stereocenters. The third kappa shape index (κ3) is 4.46. The average molecular weight is 378 g/mol. The van der Waals surface area contributed by atoms with Gasteiger partial charge in [-0.25, -0.2) is 8.42 Å². The first kappa shape index (κ1) is 17.6. The summed E-state index contributed by atoms with van der Waals surface area (Å²) >= 11 is 1.32. The number of rotatable bonds is 5. The van der Waals surface area contributed by atoms with E-state index >= 15 is 0 Å². The number of nitrogens with one attached hydrogen (secondary N) is 2. The molecule has 1 aliphatic heterocycles. The highest BCUT2D eigenvalue weighted by atomic mass is 32.2. The second-order valence-electron chi connectivity index (χ2n) is 5.96. The van der Waals surface area contributed by atoms with E-state index in [0.29, 0.717) is 29.1 Å². The van der Waals surface area contributed by atoms with Gasteiger partial charge < -0.3 is 10.6 Å². The first-order chi connectivity index (χ1) is 11.9. The van der Waals surface area contributed by atoms with E-state index in [9.17, 15) is 18.0 Å². The predicted octanol–water partition coefficient (Wildman–Crippen LogP) is 2.16. The molecule has 132 valence electrons. The lowest BCUT2D eigenvalue weighted by Crippen LogP contribution is -2.30. The number of hydrogen-bond acceptors (Lipinski definition) is 5. The number of hydrogen-bond donors (Lipinski definition) is 2. The molecule has 8 heteroatoms. The monoisotopic (exact) mass is 378 g/mol. The van der Waals surface area contributed by atoms with Crippen molar-refractivity contribution in [2.24, 2.45) is 5.92 Å². The lowest BCUT2D eigenvalue weighted by Gasteiger charge is -2.13. The number of benzene rings is 1. The summed E-state index contributed by atoms with van der Waals surface area (Å²) in [6.45, 7) is 0.311. The topological polar surface area (TPSA) is 92.3 Å². The molecular formula is C17H18N2O4S2. The van der Waals surface area contributed by atoms with E-state index < -0.39 is 9.84 Å². The largest absolute Gasteiger partial charge is 0.352 e. The summed E-state index contributed by atoms with van der Waals surface area (Å²) in [5.74, 6) is -0.351. The van der Waals surface area contributed by atoms with Gasteiger partial charge in [0.2, 0.25) is 0 Å². The van der Waals surface area contributed by atoms with E-state index in [-0.39, 0.29) is 29.2 Å². The number of carbonyl (C=O) groups is 2. The van der Waals surface area contributed by atoms with Crippen LogP contribution in [-0.4, -0.2) is 38.3 Å². The van der Waals surface area contributed by atoms with Crippen LogP contribution in [-0.2, 0) is 9.84 Å². The van der Waals surface area contributed by atoms with Crippen LogP contribution in [0, 0.1) is 5.92 Å². The highest BCUT2D eigenvalue weighted by molar-refractivity contribution is 7.91. The minimum Gasteiger partial charge on any atom is -0.352 e. The molecule has 1 atom stereocenters. The second kappa shape index (κ2) is 7.37. The van der Waals surface area contributed by atoms with Gasteiger partial charge in [-0.05, 0) is 35.9 Å². The van der Waals surface area contributed by atoms with Crippen LogP contribution < -0.4 is 10.6 Å². The Morgan fingerprint density at radius 2 is 1.92 bits per heavy atom. The zero-order valence-electron chi connectivity index (χ0n) is 13.4. The highest BCUT2D eigenvalue weighted by Crippen LogP contribution is 2.20. The fourth-order valence-electron chi connectivity index (χ4n) is 2.75. The zero-order valence-corrected chi connectivity index (χ0v) is 15.0. The maximum absolute atomic E-state index is 12.4. The Bertz CT molecular complexity index is 876. The molecule has 25 heavy (non-hydrogen) atoms. The van der Waals surface area contributed by atoms with Crippen LogP contribution >= 0.6 is 11.3 Å². The summed E-state index contributed by atoms with van der Waals surface area (Å²) in [5, 5.41) is 7.33. The van der Waals surface area contributed by atoms with E-state index in [1.54, 1.807) is 36.4 Å². The Morgan fingerprint density at radius 1 is 1.12 bits per heavy atom. The highest BCUT2D eigenvalue weighted by Gasteiger charge is 2.28. The first-order valence-electron chi connectivity index (χ1n) is 7.87. The molecular weight excluding hydrogens is 360 g/mol. The summed E-state index contributed by atoms with van der Waals surface area (Å²) in [7, 11) is -2.96. The fourth-order valence-corrected chi connectivity index (χ4v) is 5.23. The number of amides is 2. The zero-order chi connectivity index (χ0) is 17.9. The Kier molecular flexibility index (Phi) is 5.19. The molecule has 0 radical (unpaired) electrons. The van der Waals surface area contributed by atoms with Gasteiger partial charge in [0.1, 0.15) is 0 Å². The van der Waals surface area contributed by atoms with E-state index in [4.69, 9.17) is 0 Å². The molecule has 2 N–H and O–H groups in total. The van der Waals surface area contributed by atoms with Gasteiger partial charge in [0.05, 0.1) is 27.6 Å². The van der Waals surface area contributed by atoms with Gasteiger partial charge in [-0.1, -0.05) is 18.2 Å². The molecule has 1 aromatic carbocycles. The summed E-state index contributed by atoms with van der Waals surface area (Å²) < 4.78 is 23.0. The van der Waals surface area contributed by atoms with Gasteiger partial charge in [0.15, 0.2) is 9.84 Å². The average Bonchev–Trinajstić information content (AvgIpc) is 3.22. The molecule has 1 fully saturated rings. The van der Waals surface area contributed by atoms with Crippen molar-refractivity contribution < 1.29 is 18.0 Å². The standard InChI is InChI=1S/C17H18N2O4S2/c20-16(18-10-12-7-9-25(22,23)11-12)13-4-1-2-5-14(13)19-17(21)15-6-3-8-24-15/h1-6,8,12H,7,9-11H2,(H,18,20)(H,19,21). The van der Waals surface area contributed by atoms with Crippen molar-refractivity contribution in [2.45, 2.75) is 6.42 Å². The molecule has 0 bridgehead atoms. The maximum Gasteiger partial charge on any atom is 0.265 e. The van der Waals surface area contributed by atoms with E-state index in [2.05, 4.69) is 10.6 Å². The van der Waals surface area contributed by atoms with E-state index in [1.807, 2.05) is 5.38 Å². The van der Waals surface area contributed by atoms with Crippen molar-refractivity contribution in [2.75, 3.05) is 23.4 Å². The second-order valence-corrected chi connectivity index (χ2v) is 9.13. The Labute approximate surface area is 150 Å². The first-order valence-corrected chi connectivity index (χ1v) is 10.6. The fraction of sp³-hybridized carbons (Fsp3) is 0.294. The van der Waals surface area contributed by atoms with Gasteiger partial charge in [-0.2, -0.15) is 0 Å². The normalized spacial score (nSPS) is 18.6. The van der Waals surface area contributed by atoms with Crippen LogP contribution in [0.2, 0.25) is 0 Å². The molecule has 0 spiro atoms. The van der Waals surface area contributed by atoms with Crippen molar-refractivity contribution in [3.05, 3.63) is 52.2 Å². The smallest absolute Gasteiger partial charge is 0.265 e. The summed E-state index contributed by atoms with van der Waals surface area (Å²) in [4.78, 5) is 25.2. The lowest BCUT2D eigenvalue weighted by molar-refractivity contribution is 0.0949. The van der Waals surface area contributed by atoms with Crippen molar-refractivity contribution in [3.8, 4) is 0 Å². The summed E-state index contributed by atoms with van der Waals surface area (Å²) in [6.07, 6.45) is 0.569. The maximum atomic E-state index is 12.4. The van der Waals surface area contributed by atoms with Crippen molar-refractivity contribution in [1.82, 2.24) is 5.32 Å². The Balaban J connectivity index is 1.65. The molecule has 2 heterocycles. The van der Waals surface area contributed by atoms with Crippen LogP contribution in [0.15, 0.2) is 41.8 Å². The molecule has 1 saturated heterocycles. The van der Waals surface area contributed by atoms with Crippen molar-refractivity contribution in [1.29, 1.82) is 0 Å². The van der Waals surface area contributed by atoms with Gasteiger partial charge >= 0.3 is 0 Å². The minimum atomic E-state index is -2.96. The number of para-hydroxylation sites is 1. The van der Waals surface area contributed by atoms with Crippen molar-refractivity contribution >= 4 is 38.7 Å². The molecule has 0 aliphatic carbocycles. The van der Waals surface area contributed by atoms with Crippen LogP contribution in [0.3, 0.4) is 0 Å². The summed E-state index contributed by atoms with van der Waals surface area (Å²) in [5.41, 5.74) is 0.783. The third-order valence-corrected chi connectivity index (χ3v) is 6.75. The van der Waals surface area contributed by atoms with E-state index in [0.717, 1.165) is 0 Å². The minimum absolute atomic E-state index is 0.0539. The third-order valence-electron chi connectivity index (χ3n) is 4.04. The quantitative estimate of drug-likeness (QED) is 0.834. The van der Waals surface area contributed by atoms with Gasteiger partial charge in [0, 0.05) is 6.54 Å². The molecule has 2 aromatic rings. The van der Waals surface area contributed by atoms with Crippen LogP contribution in [0.25, 0.3) is 0 Å². The van der Waals surface area contributed by atoms with Crippen LogP contribution in [0.4, 0.5) is 5.69 Å². The summed E-state index contributed by atoms with van der Waals surface area (Å²) in [6, 6.07) is 10.3. The molecule has 1 aliphatic rings. The van der Waals surface area contributed by atoms with Gasteiger partial charge in [0.25, 0.3) is 11.8 Å². The van der Waals surface area contributed by atoms with Crippen molar-refractivity contribution in [3.63, 3.8) is 0 Å². The van der Waals surface area contributed by atoms with Crippen LogP contribution in [0.1, 0.15) is 26.5 Å². The molecule has 3 rings (SSSR count). The van der Waals surface area contributed by atoms with Gasteiger partial charge in [-0.3, -0.25) is 9.59 Å². The molecule has 1 aromatic heterocycles. The molecule has 2 amide bonds. The Morgan fingerprint density at radius 3 is 2.60 bits per heavy atom. The number of sulfone groups is 1. The number of thiophene rings is 1. The van der Waals surface area contributed by atoms with Gasteiger partial charge in [-0.15, -0.1) is 11.3 Å². The molecule has 6 nitrogen and oxygen atoms in total. The number of carbonyl (C=O) groups excluding carboxylic acids is 2. The predicted molar refractivity (Wildman–Crippen MR) is 97.8 cm³/mol. The van der Waals surface area contributed by atoms with E-state index in [1.165, 1.54) is 11.3 Å². The SMILES string of the molecule is O=C(Nc1ccccc1C(=O)NCC1CCS(=O)(=O)C1)c1cccs1. The molecule has 0 saturated carbocycles.